The molecule has 280 valence electrons. The van der Waals surface area contributed by atoms with Crippen LogP contribution in [0.2, 0.25) is 0 Å². The first-order chi connectivity index (χ1) is 25.7. The van der Waals surface area contributed by atoms with Crippen molar-refractivity contribution < 1.29 is 36.2 Å². The van der Waals surface area contributed by atoms with Crippen molar-refractivity contribution in [2.45, 2.75) is 42.9 Å². The highest BCUT2D eigenvalue weighted by atomic mass is 32.2. The molecule has 6 aromatic carbocycles. The minimum atomic E-state index is -4.80. The summed E-state index contributed by atoms with van der Waals surface area (Å²) in [6, 6.07) is 30.5. The van der Waals surface area contributed by atoms with Crippen LogP contribution in [0, 0.1) is 10.8 Å². The lowest BCUT2D eigenvalue weighted by Gasteiger charge is -2.47. The second kappa shape index (κ2) is 13.0. The quantitative estimate of drug-likeness (QED) is 0.0389. The fourth-order valence-electron chi connectivity index (χ4n) is 7.86. The highest BCUT2D eigenvalue weighted by Crippen LogP contribution is 2.59. The SMILES string of the molecule is CC1(C)C=CC(C)(C)C(C(c2ccccc2)(c2ccccc2)c2c(O)cc([N+](=[N-])c3cc(O)cc4ccc(S(=O)(=O)O)cc34)c3cc(S(=O)(=O)O)ccc23)=C1. The van der Waals surface area contributed by atoms with Gasteiger partial charge in [0.05, 0.1) is 38.1 Å². The van der Waals surface area contributed by atoms with E-state index in [1.54, 1.807) is 0 Å². The van der Waals surface area contributed by atoms with E-state index in [-0.39, 0.29) is 33.6 Å². The summed E-state index contributed by atoms with van der Waals surface area (Å²) in [6.45, 7) is 8.32. The van der Waals surface area contributed by atoms with E-state index in [0.29, 0.717) is 21.0 Å². The topological polar surface area (TPSA) is 175 Å². The van der Waals surface area contributed by atoms with E-state index in [1.807, 2.05) is 60.7 Å². The molecular weight excluding hydrogens is 737 g/mol. The van der Waals surface area contributed by atoms with Gasteiger partial charge in [0.1, 0.15) is 11.5 Å². The van der Waals surface area contributed by atoms with Crippen molar-refractivity contribution in [2.24, 2.45) is 10.8 Å². The van der Waals surface area contributed by atoms with Crippen molar-refractivity contribution >= 4 is 53.2 Å². The van der Waals surface area contributed by atoms with Gasteiger partial charge in [-0.1, -0.05) is 119 Å². The summed E-state index contributed by atoms with van der Waals surface area (Å²) in [5.41, 5.74) is 12.3. The third kappa shape index (κ3) is 6.50. The molecule has 0 spiro atoms. The molecule has 12 heteroatoms. The van der Waals surface area contributed by atoms with Gasteiger partial charge in [-0.3, -0.25) is 9.11 Å². The van der Waals surface area contributed by atoms with Gasteiger partial charge in [-0.2, -0.15) is 16.8 Å². The standard InChI is InChI=1S/C43H38N2O8S2/c1-41(2)19-20-42(3,4)39(26-41)43(28-11-7-5-8-12-28,29-13-9-6-10-14-29)40-33-18-17-32(55(51,52)53)24-35(33)37(25-38(40)47)45(44)36-22-30(46)21-27-15-16-31(23-34(27)36)54(48,49)50/h5-26,46-47H,1-4H3,(H,48,49,50)(H,51,52,53). The Morgan fingerprint density at radius 2 is 1.15 bits per heavy atom. The molecule has 1 aliphatic carbocycles. The molecule has 55 heavy (non-hydrogen) atoms. The predicted octanol–water partition coefficient (Wildman–Crippen LogP) is 9.64. The van der Waals surface area contributed by atoms with Crippen LogP contribution in [0.4, 0.5) is 11.4 Å². The normalized spacial score (nSPS) is 15.6. The minimum Gasteiger partial charge on any atom is -0.508 e. The number of fused-ring (bicyclic) bond motifs is 2. The first-order valence-electron chi connectivity index (χ1n) is 17.3. The van der Waals surface area contributed by atoms with Gasteiger partial charge in [0.2, 0.25) is 11.4 Å². The molecule has 0 heterocycles. The number of benzene rings is 6. The second-order valence-electron chi connectivity index (χ2n) is 15.0. The molecule has 0 aromatic heterocycles. The number of hydrogen-bond acceptors (Lipinski definition) is 6. The average molecular weight is 775 g/mol. The Kier molecular flexibility index (Phi) is 8.89. The van der Waals surface area contributed by atoms with Crippen LogP contribution >= 0.6 is 0 Å². The van der Waals surface area contributed by atoms with Crippen molar-refractivity contribution in [2.75, 3.05) is 0 Å². The van der Waals surface area contributed by atoms with Crippen LogP contribution in [0.5, 0.6) is 11.5 Å². The van der Waals surface area contributed by atoms with Gasteiger partial charge in [0.25, 0.3) is 20.2 Å². The molecule has 1 aliphatic rings. The maximum absolute atomic E-state index is 12.7. The molecule has 0 amide bonds. The van der Waals surface area contributed by atoms with E-state index in [2.05, 4.69) is 45.9 Å². The number of aromatic hydroxyl groups is 2. The molecule has 0 saturated carbocycles. The zero-order chi connectivity index (χ0) is 39.7. The zero-order valence-corrected chi connectivity index (χ0v) is 32.0. The molecule has 0 bridgehead atoms. The van der Waals surface area contributed by atoms with Crippen LogP contribution in [-0.4, -0.2) is 36.2 Å². The lowest BCUT2D eigenvalue weighted by atomic mass is 9.55. The van der Waals surface area contributed by atoms with Gasteiger partial charge in [0.15, 0.2) is 0 Å². The fraction of sp³-hybridized carbons (Fsp3) is 0.163. The van der Waals surface area contributed by atoms with Crippen LogP contribution in [0.3, 0.4) is 0 Å². The number of allylic oxidation sites excluding steroid dienone is 4. The van der Waals surface area contributed by atoms with Gasteiger partial charge in [-0.15, -0.1) is 0 Å². The van der Waals surface area contributed by atoms with E-state index in [0.717, 1.165) is 34.9 Å². The Bertz CT molecular complexity index is 2810. The Balaban J connectivity index is 1.67. The van der Waals surface area contributed by atoms with Crippen molar-refractivity contribution in [1.29, 1.82) is 0 Å². The molecular formula is C43H38N2O8S2. The summed E-state index contributed by atoms with van der Waals surface area (Å²) >= 11 is 0. The van der Waals surface area contributed by atoms with Gasteiger partial charge in [-0.05, 0) is 57.8 Å². The summed E-state index contributed by atoms with van der Waals surface area (Å²) in [7, 11) is -9.49. The molecule has 0 aliphatic heterocycles. The van der Waals surface area contributed by atoms with E-state index in [4.69, 9.17) is 0 Å². The smallest absolute Gasteiger partial charge is 0.294 e. The van der Waals surface area contributed by atoms with Crippen LogP contribution in [0.1, 0.15) is 44.4 Å². The Morgan fingerprint density at radius 3 is 1.71 bits per heavy atom. The number of hydrogen-bond donors (Lipinski definition) is 4. The van der Waals surface area contributed by atoms with E-state index in [9.17, 15) is 41.7 Å². The fourth-order valence-corrected chi connectivity index (χ4v) is 8.87. The largest absolute Gasteiger partial charge is 0.508 e. The van der Waals surface area contributed by atoms with E-state index >= 15 is 0 Å². The third-order valence-corrected chi connectivity index (χ3v) is 12.0. The monoisotopic (exact) mass is 774 g/mol. The minimum absolute atomic E-state index is 0.0770. The molecule has 0 saturated heterocycles. The summed E-state index contributed by atoms with van der Waals surface area (Å²) in [5.74, 6) is -0.597. The number of nitrogens with zero attached hydrogens (tertiary/aromatic N) is 2. The molecule has 10 nitrogen and oxygen atoms in total. The molecule has 0 fully saturated rings. The molecule has 0 radical (unpaired) electrons. The Labute approximate surface area is 319 Å². The zero-order valence-electron chi connectivity index (χ0n) is 30.3. The van der Waals surface area contributed by atoms with Gasteiger partial charge in [0, 0.05) is 16.4 Å². The summed E-state index contributed by atoms with van der Waals surface area (Å²) in [6.07, 6.45) is 6.45. The highest BCUT2D eigenvalue weighted by molar-refractivity contribution is 7.86. The van der Waals surface area contributed by atoms with Gasteiger partial charge >= 0.3 is 0 Å². The summed E-state index contributed by atoms with van der Waals surface area (Å²) < 4.78 is 70.3. The molecule has 6 aromatic rings. The third-order valence-electron chi connectivity index (χ3n) is 10.3. The van der Waals surface area contributed by atoms with Crippen LogP contribution in [0.25, 0.3) is 27.1 Å². The first kappa shape index (κ1) is 37.6. The van der Waals surface area contributed by atoms with Gasteiger partial charge < -0.3 is 15.7 Å². The van der Waals surface area contributed by atoms with Crippen LogP contribution in [0.15, 0.2) is 149 Å². The lowest BCUT2D eigenvalue weighted by Crippen LogP contribution is -2.40. The maximum atomic E-state index is 12.7. The Hall–Kier alpha value is -5.66. The lowest BCUT2D eigenvalue weighted by molar-refractivity contribution is 0.427. The maximum Gasteiger partial charge on any atom is 0.294 e. The predicted molar refractivity (Wildman–Crippen MR) is 213 cm³/mol. The molecule has 0 atom stereocenters. The number of rotatable bonds is 8. The Morgan fingerprint density at radius 1 is 0.618 bits per heavy atom. The molecule has 7 rings (SSSR count). The number of phenols is 2. The average Bonchev–Trinajstić information content (AvgIpc) is 3.13. The molecule has 4 N–H and O–H groups in total. The van der Waals surface area contributed by atoms with E-state index < -0.39 is 46.3 Å². The summed E-state index contributed by atoms with van der Waals surface area (Å²) in [5, 5.41) is 24.1. The number of phenolic OH excluding ortho intramolecular Hbond substituents is 2. The summed E-state index contributed by atoms with van der Waals surface area (Å²) in [4.78, 5) is -0.972. The highest BCUT2D eigenvalue weighted by Gasteiger charge is 2.49. The van der Waals surface area contributed by atoms with Gasteiger partial charge in [-0.25, -0.2) is 4.70 Å². The van der Waals surface area contributed by atoms with Crippen molar-refractivity contribution in [3.63, 3.8) is 0 Å². The van der Waals surface area contributed by atoms with Crippen LogP contribution in [-0.2, 0) is 25.7 Å². The second-order valence-corrected chi connectivity index (χ2v) is 17.9. The van der Waals surface area contributed by atoms with E-state index in [1.165, 1.54) is 36.4 Å². The molecule has 0 unspecified atom stereocenters. The van der Waals surface area contributed by atoms with Crippen molar-refractivity contribution in [3.8, 4) is 11.5 Å². The first-order valence-corrected chi connectivity index (χ1v) is 20.2. The van der Waals surface area contributed by atoms with Crippen molar-refractivity contribution in [1.82, 2.24) is 4.70 Å². The van der Waals surface area contributed by atoms with Crippen LogP contribution < -0.4 is 4.70 Å². The van der Waals surface area contributed by atoms with Crippen molar-refractivity contribution in [3.05, 3.63) is 161 Å².